The van der Waals surface area contributed by atoms with E-state index in [1.807, 2.05) is 7.05 Å². The van der Waals surface area contributed by atoms with E-state index in [2.05, 4.69) is 18.2 Å². The molecule has 0 aliphatic heterocycles. The molecule has 0 spiro atoms. The predicted octanol–water partition coefficient (Wildman–Crippen LogP) is 1.91. The molecular formula is C16H24N2O. The SMILES string of the molecule is CC(N)C(=O)N(C)CCc1ccc2c(c1)CCCC2. The molecule has 3 heteroatoms. The number of amides is 1. The first kappa shape index (κ1) is 14.1. The molecule has 0 saturated heterocycles. The second kappa shape index (κ2) is 6.20. The van der Waals surface area contributed by atoms with Crippen LogP contribution >= 0.6 is 0 Å². The molecule has 1 aromatic carbocycles. The Hall–Kier alpha value is -1.35. The quantitative estimate of drug-likeness (QED) is 0.899. The maximum absolute atomic E-state index is 11.7. The van der Waals surface area contributed by atoms with Gasteiger partial charge in [-0.05, 0) is 55.7 Å². The molecule has 1 atom stereocenters. The van der Waals surface area contributed by atoms with Crippen molar-refractivity contribution in [2.75, 3.05) is 13.6 Å². The van der Waals surface area contributed by atoms with Crippen LogP contribution in [0.5, 0.6) is 0 Å². The Morgan fingerprint density at radius 1 is 1.32 bits per heavy atom. The molecule has 0 heterocycles. The molecule has 2 rings (SSSR count). The topological polar surface area (TPSA) is 46.3 Å². The number of carbonyl (C=O) groups is 1. The standard InChI is InChI=1S/C16H24N2O/c1-12(17)16(19)18(2)10-9-13-7-8-14-5-3-4-6-15(14)11-13/h7-8,11-12H,3-6,9-10,17H2,1-2H3. The Labute approximate surface area is 115 Å². The van der Waals surface area contributed by atoms with Crippen LogP contribution in [-0.4, -0.2) is 30.4 Å². The van der Waals surface area contributed by atoms with Gasteiger partial charge in [-0.2, -0.15) is 0 Å². The van der Waals surface area contributed by atoms with Crippen LogP contribution in [-0.2, 0) is 24.1 Å². The highest BCUT2D eigenvalue weighted by Gasteiger charge is 2.14. The number of likely N-dealkylation sites (N-methyl/N-ethyl adjacent to an activating group) is 1. The molecule has 19 heavy (non-hydrogen) atoms. The lowest BCUT2D eigenvalue weighted by Gasteiger charge is -2.20. The maximum atomic E-state index is 11.7. The first-order chi connectivity index (χ1) is 9.08. The molecule has 0 radical (unpaired) electrons. The van der Waals surface area contributed by atoms with E-state index in [0.29, 0.717) is 0 Å². The molecule has 1 aliphatic rings. The summed E-state index contributed by atoms with van der Waals surface area (Å²) in [5.74, 6) is 0.0120. The molecule has 1 aromatic rings. The van der Waals surface area contributed by atoms with E-state index < -0.39 is 6.04 Å². The zero-order chi connectivity index (χ0) is 13.8. The van der Waals surface area contributed by atoms with Crippen LogP contribution in [0.15, 0.2) is 18.2 Å². The van der Waals surface area contributed by atoms with Crippen molar-refractivity contribution in [2.45, 2.75) is 45.1 Å². The fourth-order valence-corrected chi connectivity index (χ4v) is 2.70. The van der Waals surface area contributed by atoms with E-state index in [1.165, 1.54) is 42.4 Å². The first-order valence-corrected chi connectivity index (χ1v) is 7.19. The lowest BCUT2D eigenvalue weighted by atomic mass is 9.90. The normalized spacial score (nSPS) is 15.7. The van der Waals surface area contributed by atoms with Gasteiger partial charge in [0.2, 0.25) is 5.91 Å². The van der Waals surface area contributed by atoms with Gasteiger partial charge in [0.25, 0.3) is 0 Å². The van der Waals surface area contributed by atoms with Crippen molar-refractivity contribution in [3.05, 3.63) is 34.9 Å². The van der Waals surface area contributed by atoms with Crippen molar-refractivity contribution >= 4 is 5.91 Å². The largest absolute Gasteiger partial charge is 0.344 e. The minimum atomic E-state index is -0.409. The molecule has 0 aromatic heterocycles. The van der Waals surface area contributed by atoms with Gasteiger partial charge < -0.3 is 10.6 Å². The minimum absolute atomic E-state index is 0.0120. The lowest BCUT2D eigenvalue weighted by molar-refractivity contribution is -0.130. The molecule has 1 aliphatic carbocycles. The Balaban J connectivity index is 1.94. The summed E-state index contributed by atoms with van der Waals surface area (Å²) in [6.45, 7) is 2.47. The van der Waals surface area contributed by atoms with E-state index in [0.717, 1.165) is 13.0 Å². The molecule has 0 fully saturated rings. The number of hydrogen-bond acceptors (Lipinski definition) is 2. The van der Waals surface area contributed by atoms with Gasteiger partial charge in [-0.1, -0.05) is 18.2 Å². The molecular weight excluding hydrogens is 236 g/mol. The molecule has 1 amide bonds. The minimum Gasteiger partial charge on any atom is -0.344 e. The van der Waals surface area contributed by atoms with Crippen molar-refractivity contribution in [3.8, 4) is 0 Å². The third-order valence-corrected chi connectivity index (χ3v) is 3.91. The van der Waals surface area contributed by atoms with Crippen LogP contribution < -0.4 is 5.73 Å². The zero-order valence-electron chi connectivity index (χ0n) is 12.0. The van der Waals surface area contributed by atoms with Crippen LogP contribution in [0.4, 0.5) is 0 Å². The second-order valence-corrected chi connectivity index (χ2v) is 5.61. The monoisotopic (exact) mass is 260 g/mol. The summed E-state index contributed by atoms with van der Waals surface area (Å²) >= 11 is 0. The third kappa shape index (κ3) is 3.57. The maximum Gasteiger partial charge on any atom is 0.238 e. The van der Waals surface area contributed by atoms with Gasteiger partial charge in [0.15, 0.2) is 0 Å². The summed E-state index contributed by atoms with van der Waals surface area (Å²) < 4.78 is 0. The number of nitrogens with zero attached hydrogens (tertiary/aromatic N) is 1. The summed E-state index contributed by atoms with van der Waals surface area (Å²) in [6.07, 6.45) is 5.95. The van der Waals surface area contributed by atoms with Crippen molar-refractivity contribution in [1.29, 1.82) is 0 Å². The summed E-state index contributed by atoms with van der Waals surface area (Å²) in [5.41, 5.74) is 9.94. The smallest absolute Gasteiger partial charge is 0.238 e. The predicted molar refractivity (Wildman–Crippen MR) is 78.1 cm³/mol. The van der Waals surface area contributed by atoms with Crippen LogP contribution in [0.3, 0.4) is 0 Å². The molecule has 3 nitrogen and oxygen atoms in total. The molecule has 0 bridgehead atoms. The zero-order valence-corrected chi connectivity index (χ0v) is 12.0. The number of fused-ring (bicyclic) bond motifs is 1. The Morgan fingerprint density at radius 3 is 2.68 bits per heavy atom. The van der Waals surface area contributed by atoms with Gasteiger partial charge >= 0.3 is 0 Å². The Bertz CT molecular complexity index is 454. The van der Waals surface area contributed by atoms with Gasteiger partial charge in [-0.3, -0.25) is 4.79 Å². The van der Waals surface area contributed by atoms with E-state index in [1.54, 1.807) is 11.8 Å². The summed E-state index contributed by atoms with van der Waals surface area (Å²) in [6, 6.07) is 6.37. The Morgan fingerprint density at radius 2 is 2.00 bits per heavy atom. The van der Waals surface area contributed by atoms with Gasteiger partial charge in [-0.15, -0.1) is 0 Å². The number of nitrogens with two attached hydrogens (primary N) is 1. The van der Waals surface area contributed by atoms with Gasteiger partial charge in [0.1, 0.15) is 0 Å². The molecule has 0 saturated carbocycles. The van der Waals surface area contributed by atoms with E-state index in [-0.39, 0.29) is 5.91 Å². The lowest BCUT2D eigenvalue weighted by Crippen LogP contribution is -2.40. The number of benzene rings is 1. The highest BCUT2D eigenvalue weighted by molar-refractivity contribution is 5.80. The highest BCUT2D eigenvalue weighted by Crippen LogP contribution is 2.22. The number of rotatable bonds is 4. The molecule has 2 N–H and O–H groups in total. The fraction of sp³-hybridized carbons (Fsp3) is 0.562. The average Bonchev–Trinajstić information content (AvgIpc) is 2.43. The van der Waals surface area contributed by atoms with Crippen molar-refractivity contribution < 1.29 is 4.79 Å². The summed E-state index contributed by atoms with van der Waals surface area (Å²) in [7, 11) is 1.82. The Kier molecular flexibility index (Phi) is 4.59. The molecule has 1 unspecified atom stereocenters. The number of carbonyl (C=O) groups excluding carboxylic acids is 1. The van der Waals surface area contributed by atoms with Gasteiger partial charge in [0.05, 0.1) is 6.04 Å². The molecule has 104 valence electrons. The van der Waals surface area contributed by atoms with Crippen molar-refractivity contribution in [3.63, 3.8) is 0 Å². The fourth-order valence-electron chi connectivity index (χ4n) is 2.70. The summed E-state index contributed by atoms with van der Waals surface area (Å²) in [4.78, 5) is 13.4. The average molecular weight is 260 g/mol. The first-order valence-electron chi connectivity index (χ1n) is 7.19. The van der Waals surface area contributed by atoms with E-state index in [9.17, 15) is 4.79 Å². The summed E-state index contributed by atoms with van der Waals surface area (Å²) in [5, 5.41) is 0. The van der Waals surface area contributed by atoms with Gasteiger partial charge in [0, 0.05) is 13.6 Å². The van der Waals surface area contributed by atoms with Crippen LogP contribution in [0.25, 0.3) is 0 Å². The van der Waals surface area contributed by atoms with Crippen LogP contribution in [0.2, 0.25) is 0 Å². The number of aryl methyl sites for hydroxylation is 2. The van der Waals surface area contributed by atoms with Crippen LogP contribution in [0, 0.1) is 0 Å². The van der Waals surface area contributed by atoms with E-state index >= 15 is 0 Å². The van der Waals surface area contributed by atoms with Crippen LogP contribution in [0.1, 0.15) is 36.5 Å². The van der Waals surface area contributed by atoms with Crippen molar-refractivity contribution in [1.82, 2.24) is 4.90 Å². The number of hydrogen-bond donors (Lipinski definition) is 1. The second-order valence-electron chi connectivity index (χ2n) is 5.61. The van der Waals surface area contributed by atoms with Crippen molar-refractivity contribution in [2.24, 2.45) is 5.73 Å². The van der Waals surface area contributed by atoms with Gasteiger partial charge in [-0.25, -0.2) is 0 Å². The highest BCUT2D eigenvalue weighted by atomic mass is 16.2. The van der Waals surface area contributed by atoms with E-state index in [4.69, 9.17) is 5.73 Å². The third-order valence-electron chi connectivity index (χ3n) is 3.91.